The van der Waals surface area contributed by atoms with E-state index in [1.54, 1.807) is 93.6 Å². The van der Waals surface area contributed by atoms with Gasteiger partial charge in [0.1, 0.15) is 5.75 Å². The number of hydrogen-bond acceptors (Lipinski definition) is 14. The van der Waals surface area contributed by atoms with Crippen LogP contribution in [0.3, 0.4) is 0 Å². The summed E-state index contributed by atoms with van der Waals surface area (Å²) in [5, 5.41) is 31.1. The Hall–Kier alpha value is -10.2. The Morgan fingerprint density at radius 3 is 1.22 bits per heavy atom. The zero-order chi connectivity index (χ0) is 85.5. The summed E-state index contributed by atoms with van der Waals surface area (Å²) >= 11 is 1.60. The van der Waals surface area contributed by atoms with E-state index in [0.29, 0.717) is 78.6 Å². The molecule has 30 nitrogen and oxygen atoms in total. The second-order valence-corrected chi connectivity index (χ2v) is 35.6. The van der Waals surface area contributed by atoms with Crippen LogP contribution in [0.4, 0.5) is 67.3 Å². The van der Waals surface area contributed by atoms with Gasteiger partial charge in [-0.15, -0.1) is 11.3 Å². The Labute approximate surface area is 697 Å². The summed E-state index contributed by atoms with van der Waals surface area (Å²) in [5.74, 6) is 5.59. The highest BCUT2D eigenvalue weighted by atomic mass is 32.2. The number of aromatic hydroxyl groups is 1. The first-order chi connectivity index (χ1) is 55.6. The summed E-state index contributed by atoms with van der Waals surface area (Å²) in [4.78, 5) is 120. The smallest absolute Gasteiger partial charge is 0.324 e. The highest BCUT2D eigenvalue weighted by Gasteiger charge is 2.32. The number of carbonyl (C=O) groups excluding carboxylic acids is 7. The Balaban J connectivity index is 0.000000186. The molecular formula is C85H128N18O12S2. The maximum Gasteiger partial charge on any atom is 0.324 e. The summed E-state index contributed by atoms with van der Waals surface area (Å²) in [6.07, 6.45) is 13.3. The lowest BCUT2D eigenvalue weighted by atomic mass is 10.2. The zero-order valence-corrected chi connectivity index (χ0v) is 72.7. The topological polar surface area (TPSA) is 321 Å². The van der Waals surface area contributed by atoms with E-state index in [2.05, 4.69) is 81.3 Å². The van der Waals surface area contributed by atoms with Crippen LogP contribution in [-0.2, 0) is 16.6 Å². The molecule has 0 radical (unpaired) electrons. The van der Waals surface area contributed by atoms with E-state index in [0.717, 1.165) is 165 Å². The fourth-order valence-corrected chi connectivity index (χ4v) is 15.9. The van der Waals surface area contributed by atoms with E-state index >= 15 is 0 Å². The lowest BCUT2D eigenvalue weighted by Crippen LogP contribution is -2.39. The number of urea groups is 7. The molecule has 4 aromatic carbocycles. The number of imidazole rings is 1. The van der Waals surface area contributed by atoms with Gasteiger partial charge >= 0.3 is 42.2 Å². The molecule has 6 aromatic rings. The second-order valence-electron chi connectivity index (χ2n) is 32.6. The third-order valence-electron chi connectivity index (χ3n) is 21.6. The van der Waals surface area contributed by atoms with Gasteiger partial charge in [-0.3, -0.25) is 30.1 Å². The summed E-state index contributed by atoms with van der Waals surface area (Å²) in [6.45, 7) is 31.4. The number of thiophene rings is 1. The number of anilines is 5. The number of phenols is 1. The normalized spacial score (nSPS) is 21.1. The molecule has 0 saturated carbocycles. The number of aromatic amines is 1. The average Bonchev–Trinajstić information content (AvgIpc) is 0.907. The molecule has 0 unspecified atom stereocenters. The average molecular weight is 1660 g/mol. The fourth-order valence-electron chi connectivity index (χ4n) is 14.3. The minimum absolute atomic E-state index is 0.0165. The van der Waals surface area contributed by atoms with Gasteiger partial charge in [-0.05, 0) is 170 Å². The SMILES string of the molecule is C[C@H]1CCN(C(=O)N(C)C)C1.C[C@H]1CCN(C(=O)N(C)c2ccc(O)cc2)C1.C[C@H]1CCN(C(=O)N(C)c2ccccc2)C1.C[C@H]1CCN(C(=O)N(C)c2cccs2)C1.C[C@H]1CCN(C(=O)NCc2ccccc2)C1.C[C@H]1CCN(C(=O)Nc2ccc([N+](=O)[O-])cc2)C1.C[C@H]1CCN(C(=O)Nc2ncc[nH]2)C1.C[C@H]1CCN(S(C)(=O)=O)C1. The molecule has 5 N–H and O–H groups in total. The molecule has 0 aliphatic carbocycles. The molecule has 8 aliphatic rings. The third-order valence-corrected chi connectivity index (χ3v) is 23.8. The van der Waals surface area contributed by atoms with Crippen molar-refractivity contribution >= 4 is 97.3 Å². The van der Waals surface area contributed by atoms with Gasteiger partial charge in [-0.2, -0.15) is 0 Å². The predicted molar refractivity (Wildman–Crippen MR) is 465 cm³/mol. The van der Waals surface area contributed by atoms with E-state index in [1.165, 1.54) is 34.8 Å². The number of rotatable bonds is 9. The van der Waals surface area contributed by atoms with E-state index in [-0.39, 0.29) is 53.7 Å². The highest BCUT2D eigenvalue weighted by Crippen LogP contribution is 2.28. The van der Waals surface area contributed by atoms with Crippen molar-refractivity contribution < 1.29 is 52.0 Å². The van der Waals surface area contributed by atoms with Crippen LogP contribution in [0.2, 0.25) is 0 Å². The molecule has 2 aromatic heterocycles. The largest absolute Gasteiger partial charge is 0.508 e. The Bertz CT molecular complexity index is 4160. The first-order valence-corrected chi connectivity index (χ1v) is 43.6. The molecule has 0 spiro atoms. The van der Waals surface area contributed by atoms with Gasteiger partial charge < -0.3 is 59.9 Å². The van der Waals surface area contributed by atoms with Crippen molar-refractivity contribution in [2.24, 2.45) is 47.3 Å². The lowest BCUT2D eigenvalue weighted by Gasteiger charge is -2.24. The number of para-hydroxylation sites is 1. The van der Waals surface area contributed by atoms with Gasteiger partial charge in [-0.25, -0.2) is 51.3 Å². The summed E-state index contributed by atoms with van der Waals surface area (Å²) in [5.41, 5.74) is 3.48. The first kappa shape index (κ1) is 93.9. The van der Waals surface area contributed by atoms with Crippen LogP contribution >= 0.6 is 11.3 Å². The number of nitro benzene ring substituents is 1. The number of benzene rings is 4. The van der Waals surface area contributed by atoms with Crippen molar-refractivity contribution in [3.63, 3.8) is 0 Å². The van der Waals surface area contributed by atoms with Crippen molar-refractivity contribution in [1.29, 1.82) is 0 Å². The number of nitro groups is 1. The molecule has 642 valence electrons. The number of nitrogens with one attached hydrogen (secondary N) is 4. The number of aromatic nitrogens is 2. The monoisotopic (exact) mass is 1660 g/mol. The highest BCUT2D eigenvalue weighted by molar-refractivity contribution is 7.88. The molecule has 10 heterocycles. The number of phenolic OH excluding ortho intramolecular Hbond substituents is 1. The van der Waals surface area contributed by atoms with Crippen LogP contribution < -0.4 is 30.7 Å². The fraction of sp³-hybridized carbons (Fsp3) is 0.553. The van der Waals surface area contributed by atoms with Crippen molar-refractivity contribution in [3.8, 4) is 5.75 Å². The molecule has 8 atom stereocenters. The number of non-ortho nitro benzene ring substituents is 1. The maximum absolute atomic E-state index is 12.2. The number of sulfonamides is 1. The van der Waals surface area contributed by atoms with Crippen LogP contribution in [-0.4, -0.2) is 260 Å². The number of likely N-dealkylation sites (tertiary alicyclic amines) is 7. The van der Waals surface area contributed by atoms with E-state index < -0.39 is 14.9 Å². The first-order valence-electron chi connectivity index (χ1n) is 40.9. The van der Waals surface area contributed by atoms with Crippen LogP contribution in [0.15, 0.2) is 139 Å². The number of carbonyl (C=O) groups is 7. The van der Waals surface area contributed by atoms with Crippen LogP contribution in [0.5, 0.6) is 5.75 Å². The Morgan fingerprint density at radius 2 is 0.863 bits per heavy atom. The van der Waals surface area contributed by atoms with Gasteiger partial charge in [0, 0.05) is 188 Å². The van der Waals surface area contributed by atoms with Gasteiger partial charge in [0.15, 0.2) is 0 Å². The quantitative estimate of drug-likeness (QED) is 0.0665. The van der Waals surface area contributed by atoms with E-state index in [4.69, 9.17) is 0 Å². The minimum atomic E-state index is -2.90. The molecule has 8 aliphatic heterocycles. The second kappa shape index (κ2) is 46.7. The third kappa shape index (κ3) is 31.3. The molecule has 117 heavy (non-hydrogen) atoms. The molecule has 14 amide bonds. The lowest BCUT2D eigenvalue weighted by molar-refractivity contribution is -0.384. The summed E-state index contributed by atoms with van der Waals surface area (Å²) in [7, 11) is 6.13. The number of H-pyrrole nitrogens is 1. The van der Waals surface area contributed by atoms with Crippen molar-refractivity contribution in [2.45, 2.75) is 113 Å². The number of amides is 14. The number of hydrogen-bond donors (Lipinski definition) is 5. The molecular weight excluding hydrogens is 1530 g/mol. The van der Waals surface area contributed by atoms with Crippen molar-refractivity contribution in [2.75, 3.05) is 172 Å². The molecule has 8 saturated heterocycles. The predicted octanol–water partition coefficient (Wildman–Crippen LogP) is 14.8. The zero-order valence-electron chi connectivity index (χ0n) is 71.1. The maximum atomic E-state index is 12.2. The van der Waals surface area contributed by atoms with Crippen molar-refractivity contribution in [3.05, 3.63) is 155 Å². The number of nitrogens with zero attached hydrogens (tertiary/aromatic N) is 14. The van der Waals surface area contributed by atoms with Crippen LogP contribution in [0.25, 0.3) is 0 Å². The molecule has 32 heteroatoms. The van der Waals surface area contributed by atoms with Gasteiger partial charge in [0.25, 0.3) is 5.69 Å². The molecule has 0 bridgehead atoms. The summed E-state index contributed by atoms with van der Waals surface area (Å²) < 4.78 is 23.3. The molecule has 14 rings (SSSR count). The standard InChI is InChI=1S/C13H18N2O2.2C13H18N2O.C12H15N3O3.C11H16N2OS.C9H14N4O.C8H16N2O.C6H13NO2S/c1-10-7-8-15(9-10)13(17)14(2)11-3-5-12(16)6-4-11;1-11-8-9-15(10-11)13(16)14(2)12-6-4-3-5-7-12;1-11-7-8-15(10-11)13(16)14-9-12-5-3-2-4-6-12;1-9-6-7-14(8-9)12(16)13-10-2-4-11(5-3-10)15(17)18;1-9-5-6-13(8-9)11(14)12(2)10-4-3-7-15-10;1-7-2-5-13(6-7)9(14)12-8-10-3-4-11-8;1-7-4-5-10(6-7)8(11)9(2)3;1-6-3-4-7(5-6)10(2,8)9/h3-6,10,16H,7-9H2,1-2H3;3-7,11H,8-10H2,1-2H3;2-6,11H,7-10H2,1H3,(H,14,16);2-5,9H,6-8H2,1H3,(H,13,16);3-4,7,9H,5-6,8H2,1-2H3;3-4,7H,2,5-6H2,1H3,(H2,10,11,12,14);7H,4-6H2,1-3H3;6H,3-5H2,1-2H3/t10-;2*11-;2*9-;2*7-;6-/m00000000/s1. The molecule has 8 fully saturated rings. The van der Waals surface area contributed by atoms with E-state index in [1.807, 2.05) is 122 Å². The van der Waals surface area contributed by atoms with Crippen molar-refractivity contribution in [1.82, 2.24) is 58.8 Å². The van der Waals surface area contributed by atoms with E-state index in [9.17, 15) is 57.2 Å². The summed E-state index contributed by atoms with van der Waals surface area (Å²) in [6, 6.07) is 36.5. The van der Waals surface area contributed by atoms with Gasteiger partial charge in [0.05, 0.1) is 16.2 Å². The van der Waals surface area contributed by atoms with Gasteiger partial charge in [0.2, 0.25) is 16.0 Å². The van der Waals surface area contributed by atoms with Crippen LogP contribution in [0, 0.1) is 57.5 Å². The Kier molecular flexibility index (Phi) is 37.5. The van der Waals surface area contributed by atoms with Gasteiger partial charge in [-0.1, -0.05) is 104 Å². The Morgan fingerprint density at radius 1 is 0.479 bits per heavy atom. The van der Waals surface area contributed by atoms with Crippen LogP contribution in [0.1, 0.15) is 112 Å². The minimum Gasteiger partial charge on any atom is -0.508 e.